The minimum Gasteiger partial charge on any atom is -0.461 e. The van der Waals surface area contributed by atoms with Crippen molar-refractivity contribution >= 4 is 34.8 Å². The summed E-state index contributed by atoms with van der Waals surface area (Å²) in [5.41, 5.74) is 0.443. The van der Waals surface area contributed by atoms with Crippen LogP contribution in [0.15, 0.2) is 12.3 Å². The highest BCUT2D eigenvalue weighted by atomic mass is 35.5. The largest absolute Gasteiger partial charge is 0.461 e. The second-order valence-corrected chi connectivity index (χ2v) is 3.62. The van der Waals surface area contributed by atoms with Gasteiger partial charge in [-0.25, -0.2) is 14.3 Å². The van der Waals surface area contributed by atoms with Gasteiger partial charge < -0.3 is 4.74 Å². The van der Waals surface area contributed by atoms with Crippen LogP contribution in [0.3, 0.4) is 0 Å². The summed E-state index contributed by atoms with van der Waals surface area (Å²) in [7, 11) is 0. The van der Waals surface area contributed by atoms with Gasteiger partial charge in [-0.05, 0) is 6.92 Å². The zero-order valence-electron chi connectivity index (χ0n) is 8.28. The SMILES string of the molecule is CCOC(=O)c1nc2ccnn2c(Cl)c1Cl. The molecule has 0 saturated carbocycles. The third kappa shape index (κ3) is 1.72. The predicted octanol–water partition coefficient (Wildman–Crippen LogP) is 2.21. The fourth-order valence-electron chi connectivity index (χ4n) is 1.22. The predicted molar refractivity (Wildman–Crippen MR) is 59.0 cm³/mol. The van der Waals surface area contributed by atoms with Gasteiger partial charge in [-0.3, -0.25) is 0 Å². The van der Waals surface area contributed by atoms with Gasteiger partial charge in [-0.2, -0.15) is 5.10 Å². The first-order valence-electron chi connectivity index (χ1n) is 4.51. The molecular formula is C9H7Cl2N3O2. The lowest BCUT2D eigenvalue weighted by Gasteiger charge is -2.05. The molecule has 0 amide bonds. The molecule has 0 fully saturated rings. The molecule has 0 spiro atoms. The molecule has 0 aliphatic rings. The van der Waals surface area contributed by atoms with Gasteiger partial charge in [0, 0.05) is 6.07 Å². The summed E-state index contributed by atoms with van der Waals surface area (Å²) >= 11 is 11.8. The molecule has 0 saturated heterocycles. The van der Waals surface area contributed by atoms with Crippen LogP contribution in [0.1, 0.15) is 17.4 Å². The van der Waals surface area contributed by atoms with Crippen molar-refractivity contribution in [3.05, 3.63) is 28.1 Å². The van der Waals surface area contributed by atoms with Crippen molar-refractivity contribution in [1.82, 2.24) is 14.6 Å². The van der Waals surface area contributed by atoms with Crippen molar-refractivity contribution in [3.8, 4) is 0 Å². The minimum atomic E-state index is -0.599. The standard InChI is InChI=1S/C9H7Cl2N3O2/c1-2-16-9(15)7-6(10)8(11)14-5(13-7)3-4-12-14/h3-4H,2H2,1H3. The first-order chi connectivity index (χ1) is 7.65. The molecule has 5 nitrogen and oxygen atoms in total. The van der Waals surface area contributed by atoms with Crippen molar-refractivity contribution in [2.24, 2.45) is 0 Å². The number of aromatic nitrogens is 3. The average molecular weight is 260 g/mol. The Hall–Kier alpha value is -1.33. The van der Waals surface area contributed by atoms with E-state index in [9.17, 15) is 4.79 Å². The molecule has 7 heteroatoms. The van der Waals surface area contributed by atoms with Gasteiger partial charge in [0.05, 0.1) is 12.8 Å². The Morgan fingerprint density at radius 2 is 2.31 bits per heavy atom. The van der Waals surface area contributed by atoms with Gasteiger partial charge in [-0.15, -0.1) is 0 Å². The smallest absolute Gasteiger partial charge is 0.358 e. The number of fused-ring (bicyclic) bond motifs is 1. The number of carbonyl (C=O) groups excluding carboxylic acids is 1. The monoisotopic (exact) mass is 259 g/mol. The molecule has 2 aromatic rings. The van der Waals surface area contributed by atoms with E-state index < -0.39 is 5.97 Å². The van der Waals surface area contributed by atoms with Crippen molar-refractivity contribution in [1.29, 1.82) is 0 Å². The Balaban J connectivity index is 2.61. The van der Waals surface area contributed by atoms with E-state index in [1.165, 1.54) is 10.7 Å². The Kier molecular flexibility index (Phi) is 2.98. The highest BCUT2D eigenvalue weighted by Gasteiger charge is 2.19. The van der Waals surface area contributed by atoms with Gasteiger partial charge in [0.2, 0.25) is 0 Å². The molecule has 0 unspecified atom stereocenters. The first-order valence-corrected chi connectivity index (χ1v) is 5.26. The molecular weight excluding hydrogens is 253 g/mol. The quantitative estimate of drug-likeness (QED) is 0.613. The fourth-order valence-corrected chi connectivity index (χ4v) is 1.64. The Morgan fingerprint density at radius 3 is 3.00 bits per heavy atom. The van der Waals surface area contributed by atoms with E-state index in [1.54, 1.807) is 13.0 Å². The number of hydrogen-bond acceptors (Lipinski definition) is 4. The molecule has 2 aromatic heterocycles. The zero-order chi connectivity index (χ0) is 11.7. The molecule has 0 aromatic carbocycles. The second kappa shape index (κ2) is 4.27. The lowest BCUT2D eigenvalue weighted by atomic mass is 10.4. The van der Waals surface area contributed by atoms with E-state index in [0.29, 0.717) is 5.65 Å². The summed E-state index contributed by atoms with van der Waals surface area (Å²) in [6.45, 7) is 1.95. The van der Waals surface area contributed by atoms with Crippen molar-refractivity contribution in [3.63, 3.8) is 0 Å². The van der Waals surface area contributed by atoms with Crippen LogP contribution in [-0.2, 0) is 4.74 Å². The number of ether oxygens (including phenoxy) is 1. The number of hydrogen-bond donors (Lipinski definition) is 0. The van der Waals surface area contributed by atoms with E-state index in [0.717, 1.165) is 0 Å². The molecule has 0 aliphatic carbocycles. The van der Waals surface area contributed by atoms with Crippen LogP contribution in [0, 0.1) is 0 Å². The van der Waals surface area contributed by atoms with Crippen LogP contribution >= 0.6 is 23.2 Å². The molecule has 0 N–H and O–H groups in total. The Bertz CT molecular complexity index is 553. The summed E-state index contributed by atoms with van der Waals surface area (Å²) in [4.78, 5) is 15.5. The molecule has 2 rings (SSSR count). The number of esters is 1. The summed E-state index contributed by atoms with van der Waals surface area (Å²) < 4.78 is 6.15. The molecule has 0 aliphatic heterocycles. The zero-order valence-corrected chi connectivity index (χ0v) is 9.79. The topological polar surface area (TPSA) is 56.5 Å². The van der Waals surface area contributed by atoms with E-state index in [2.05, 4.69) is 10.1 Å². The van der Waals surface area contributed by atoms with Crippen LogP contribution in [0.25, 0.3) is 5.65 Å². The molecule has 0 atom stereocenters. The van der Waals surface area contributed by atoms with Crippen LogP contribution in [0.2, 0.25) is 10.2 Å². The van der Waals surface area contributed by atoms with E-state index >= 15 is 0 Å². The Labute approximate surface area is 101 Å². The fraction of sp³-hybridized carbons (Fsp3) is 0.222. The maximum atomic E-state index is 11.5. The van der Waals surface area contributed by atoms with Crippen molar-refractivity contribution in [2.75, 3.05) is 6.61 Å². The first kappa shape index (κ1) is 11.2. The van der Waals surface area contributed by atoms with Crippen LogP contribution < -0.4 is 0 Å². The molecule has 0 bridgehead atoms. The summed E-state index contributed by atoms with van der Waals surface area (Å²) in [5.74, 6) is -0.599. The maximum absolute atomic E-state index is 11.5. The lowest BCUT2D eigenvalue weighted by molar-refractivity contribution is 0.0520. The summed E-state index contributed by atoms with van der Waals surface area (Å²) in [5, 5.41) is 4.09. The highest BCUT2D eigenvalue weighted by Crippen LogP contribution is 2.25. The van der Waals surface area contributed by atoms with Crippen molar-refractivity contribution in [2.45, 2.75) is 6.92 Å². The summed E-state index contributed by atoms with van der Waals surface area (Å²) in [6.07, 6.45) is 1.51. The normalized spacial score (nSPS) is 10.7. The lowest BCUT2D eigenvalue weighted by Crippen LogP contribution is -2.10. The third-order valence-corrected chi connectivity index (χ3v) is 2.70. The second-order valence-electron chi connectivity index (χ2n) is 2.89. The maximum Gasteiger partial charge on any atom is 0.358 e. The van der Waals surface area contributed by atoms with Crippen molar-refractivity contribution < 1.29 is 9.53 Å². The van der Waals surface area contributed by atoms with Crippen LogP contribution in [0.4, 0.5) is 0 Å². The summed E-state index contributed by atoms with van der Waals surface area (Å²) in [6, 6.07) is 1.62. The molecule has 84 valence electrons. The number of rotatable bonds is 2. The number of carbonyl (C=O) groups is 1. The van der Waals surface area contributed by atoms with Gasteiger partial charge in [0.15, 0.2) is 16.5 Å². The van der Waals surface area contributed by atoms with Crippen LogP contribution in [0.5, 0.6) is 0 Å². The van der Waals surface area contributed by atoms with E-state index in [4.69, 9.17) is 27.9 Å². The van der Waals surface area contributed by atoms with Gasteiger partial charge in [0.25, 0.3) is 0 Å². The molecule has 0 radical (unpaired) electrons. The highest BCUT2D eigenvalue weighted by molar-refractivity contribution is 6.43. The van der Waals surface area contributed by atoms with Gasteiger partial charge >= 0.3 is 5.97 Å². The van der Waals surface area contributed by atoms with Gasteiger partial charge in [0.1, 0.15) is 5.02 Å². The molecule has 16 heavy (non-hydrogen) atoms. The van der Waals surface area contributed by atoms with Crippen LogP contribution in [-0.4, -0.2) is 27.2 Å². The Morgan fingerprint density at radius 1 is 1.56 bits per heavy atom. The van der Waals surface area contributed by atoms with E-state index in [-0.39, 0.29) is 22.5 Å². The molecule has 2 heterocycles. The average Bonchev–Trinajstić information content (AvgIpc) is 2.71. The van der Waals surface area contributed by atoms with E-state index in [1.807, 2.05) is 0 Å². The third-order valence-electron chi connectivity index (χ3n) is 1.89. The minimum absolute atomic E-state index is 0.00140. The van der Waals surface area contributed by atoms with Gasteiger partial charge in [-0.1, -0.05) is 23.2 Å². The number of nitrogens with zero attached hydrogens (tertiary/aromatic N) is 3. The number of halogens is 2.